The first kappa shape index (κ1) is 8.89. The Bertz CT molecular complexity index is 125. The fourth-order valence-corrected chi connectivity index (χ4v) is 1.46. The zero-order chi connectivity index (χ0) is 8.59. The monoisotopic (exact) mass is 159 g/mol. The summed E-state index contributed by atoms with van der Waals surface area (Å²) in [6.07, 6.45) is 0.663. The van der Waals surface area contributed by atoms with E-state index >= 15 is 0 Å². The molecule has 5 heteroatoms. The van der Waals surface area contributed by atoms with Crippen molar-refractivity contribution in [3.63, 3.8) is 0 Å². The van der Waals surface area contributed by atoms with Gasteiger partial charge in [0.2, 0.25) is 0 Å². The van der Waals surface area contributed by atoms with E-state index in [1.807, 2.05) is 0 Å². The van der Waals surface area contributed by atoms with Gasteiger partial charge in [0.25, 0.3) is 0 Å². The van der Waals surface area contributed by atoms with Gasteiger partial charge in [-0.15, -0.1) is 0 Å². The second-order valence-corrected chi connectivity index (χ2v) is 3.30. The van der Waals surface area contributed by atoms with Gasteiger partial charge in [0, 0.05) is 30.2 Å². The molecule has 0 aromatic heterocycles. The predicted molar refractivity (Wildman–Crippen MR) is 44.5 cm³/mol. The fraction of sp³-hybridized carbons (Fsp3) is 1.00. The fourth-order valence-electron chi connectivity index (χ4n) is 1.46. The molecule has 0 spiro atoms. The molecule has 0 bridgehead atoms. The normalized spacial score (nSPS) is 52.6. The Morgan fingerprint density at radius 2 is 1.00 bits per heavy atom. The molecule has 1 aliphatic carbocycles. The molecule has 10 N–H and O–H groups in total. The van der Waals surface area contributed by atoms with Crippen LogP contribution in [0.3, 0.4) is 0 Å². The van der Waals surface area contributed by atoms with E-state index < -0.39 is 0 Å². The highest BCUT2D eigenvalue weighted by atomic mass is 15.0. The Labute approximate surface area is 66.3 Å². The molecule has 1 rings (SSSR count). The molecule has 0 saturated heterocycles. The van der Waals surface area contributed by atoms with Gasteiger partial charge in [-0.05, 0) is 6.42 Å². The zero-order valence-electron chi connectivity index (χ0n) is 6.48. The van der Waals surface area contributed by atoms with E-state index in [4.69, 9.17) is 28.7 Å². The third kappa shape index (κ3) is 1.52. The van der Waals surface area contributed by atoms with Crippen LogP contribution in [0.1, 0.15) is 6.42 Å². The van der Waals surface area contributed by atoms with E-state index in [9.17, 15) is 0 Å². The molecule has 66 valence electrons. The highest BCUT2D eigenvalue weighted by Gasteiger charge is 2.35. The van der Waals surface area contributed by atoms with Gasteiger partial charge in [-0.25, -0.2) is 0 Å². The lowest BCUT2D eigenvalue weighted by molar-refractivity contribution is 0.271. The molecular weight excluding hydrogens is 142 g/mol. The van der Waals surface area contributed by atoms with Gasteiger partial charge >= 0.3 is 0 Å². The maximum absolute atomic E-state index is 5.69. The lowest BCUT2D eigenvalue weighted by Gasteiger charge is -2.39. The molecule has 0 aromatic rings. The van der Waals surface area contributed by atoms with Crippen LogP contribution < -0.4 is 28.7 Å². The lowest BCUT2D eigenvalue weighted by atomic mass is 9.81. The smallest absolute Gasteiger partial charge is 0.0376 e. The standard InChI is InChI=1S/C6H17N5/c7-2-1-3(8)5(10)6(11)4(2)9/h2-6H,1,7-11H2. The second-order valence-electron chi connectivity index (χ2n) is 3.30. The Morgan fingerprint density at radius 3 is 1.36 bits per heavy atom. The molecule has 0 aromatic carbocycles. The maximum atomic E-state index is 5.69. The largest absolute Gasteiger partial charge is 0.326 e. The van der Waals surface area contributed by atoms with Gasteiger partial charge in [0.15, 0.2) is 0 Å². The van der Waals surface area contributed by atoms with Crippen molar-refractivity contribution >= 4 is 0 Å². The zero-order valence-corrected chi connectivity index (χ0v) is 6.48. The molecule has 1 saturated carbocycles. The first-order chi connectivity index (χ1) is 5.04. The molecular formula is C6H17N5. The first-order valence-electron chi connectivity index (χ1n) is 3.82. The van der Waals surface area contributed by atoms with Crippen molar-refractivity contribution in [2.75, 3.05) is 0 Å². The first-order valence-corrected chi connectivity index (χ1v) is 3.82. The van der Waals surface area contributed by atoms with Crippen molar-refractivity contribution in [3.8, 4) is 0 Å². The third-order valence-corrected chi connectivity index (χ3v) is 2.42. The average molecular weight is 159 g/mol. The summed E-state index contributed by atoms with van der Waals surface area (Å²) in [5, 5.41) is 0. The summed E-state index contributed by atoms with van der Waals surface area (Å²) in [6.45, 7) is 0. The molecule has 11 heavy (non-hydrogen) atoms. The molecule has 0 radical (unpaired) electrons. The predicted octanol–water partition coefficient (Wildman–Crippen LogP) is -2.97. The number of rotatable bonds is 0. The van der Waals surface area contributed by atoms with Crippen LogP contribution in [0.15, 0.2) is 0 Å². The van der Waals surface area contributed by atoms with E-state index in [-0.39, 0.29) is 30.2 Å². The molecule has 1 fully saturated rings. The van der Waals surface area contributed by atoms with Crippen molar-refractivity contribution in [2.24, 2.45) is 28.7 Å². The van der Waals surface area contributed by atoms with Gasteiger partial charge in [0.1, 0.15) is 0 Å². The minimum atomic E-state index is -0.270. The van der Waals surface area contributed by atoms with Gasteiger partial charge in [0.05, 0.1) is 0 Å². The minimum Gasteiger partial charge on any atom is -0.326 e. The maximum Gasteiger partial charge on any atom is 0.0376 e. The Kier molecular flexibility index (Phi) is 2.46. The Morgan fingerprint density at radius 1 is 0.636 bits per heavy atom. The van der Waals surface area contributed by atoms with E-state index in [0.29, 0.717) is 6.42 Å². The Balaban J connectivity index is 2.63. The molecule has 1 aliphatic rings. The molecule has 4 atom stereocenters. The average Bonchev–Trinajstić information content (AvgIpc) is 1.97. The summed E-state index contributed by atoms with van der Waals surface area (Å²) >= 11 is 0. The highest BCUT2D eigenvalue weighted by Crippen LogP contribution is 2.12. The van der Waals surface area contributed by atoms with Crippen molar-refractivity contribution in [1.82, 2.24) is 0 Å². The van der Waals surface area contributed by atoms with Crippen molar-refractivity contribution in [2.45, 2.75) is 36.6 Å². The molecule has 4 unspecified atom stereocenters. The van der Waals surface area contributed by atoms with Crippen molar-refractivity contribution in [1.29, 1.82) is 0 Å². The summed E-state index contributed by atoms with van der Waals surface area (Å²) in [7, 11) is 0. The van der Waals surface area contributed by atoms with Crippen LogP contribution in [0.25, 0.3) is 0 Å². The van der Waals surface area contributed by atoms with Crippen LogP contribution in [0, 0.1) is 0 Å². The molecule has 0 heterocycles. The van der Waals surface area contributed by atoms with Gasteiger partial charge in [-0.1, -0.05) is 0 Å². The quantitative estimate of drug-likeness (QED) is 0.257. The summed E-state index contributed by atoms with van der Waals surface area (Å²) in [4.78, 5) is 0. The van der Waals surface area contributed by atoms with Crippen molar-refractivity contribution < 1.29 is 0 Å². The van der Waals surface area contributed by atoms with E-state index in [1.165, 1.54) is 0 Å². The van der Waals surface area contributed by atoms with E-state index in [1.54, 1.807) is 0 Å². The van der Waals surface area contributed by atoms with Crippen LogP contribution >= 0.6 is 0 Å². The summed E-state index contributed by atoms with van der Waals surface area (Å²) in [6, 6.07) is -0.928. The Hall–Kier alpha value is -0.200. The topological polar surface area (TPSA) is 130 Å². The van der Waals surface area contributed by atoms with Crippen LogP contribution in [0.2, 0.25) is 0 Å². The summed E-state index contributed by atoms with van der Waals surface area (Å²) in [5.41, 5.74) is 28.4. The minimum absolute atomic E-state index is 0.111. The molecule has 0 amide bonds. The van der Waals surface area contributed by atoms with E-state index in [2.05, 4.69) is 0 Å². The summed E-state index contributed by atoms with van der Waals surface area (Å²) < 4.78 is 0. The van der Waals surface area contributed by atoms with Crippen LogP contribution in [-0.2, 0) is 0 Å². The van der Waals surface area contributed by atoms with Crippen molar-refractivity contribution in [3.05, 3.63) is 0 Å². The van der Waals surface area contributed by atoms with Gasteiger partial charge < -0.3 is 28.7 Å². The lowest BCUT2D eigenvalue weighted by Crippen LogP contribution is -2.70. The van der Waals surface area contributed by atoms with Crippen LogP contribution in [0.5, 0.6) is 0 Å². The SMILES string of the molecule is NC1CC(N)C(N)C(N)C1N. The molecule has 0 aliphatic heterocycles. The number of hydrogen-bond donors (Lipinski definition) is 5. The van der Waals surface area contributed by atoms with Crippen LogP contribution in [0.4, 0.5) is 0 Å². The van der Waals surface area contributed by atoms with Crippen LogP contribution in [-0.4, -0.2) is 30.2 Å². The molecule has 5 nitrogen and oxygen atoms in total. The van der Waals surface area contributed by atoms with Gasteiger partial charge in [-0.2, -0.15) is 0 Å². The third-order valence-electron chi connectivity index (χ3n) is 2.42. The number of nitrogens with two attached hydrogens (primary N) is 5. The summed E-state index contributed by atoms with van der Waals surface area (Å²) in [5.74, 6) is 0. The highest BCUT2D eigenvalue weighted by molar-refractivity contribution is 5.02. The second kappa shape index (κ2) is 3.04. The van der Waals surface area contributed by atoms with E-state index in [0.717, 1.165) is 0 Å². The number of hydrogen-bond acceptors (Lipinski definition) is 5. The van der Waals surface area contributed by atoms with Gasteiger partial charge in [-0.3, -0.25) is 0 Å².